The maximum Gasteiger partial charge on any atom is 0.243 e. The highest BCUT2D eigenvalue weighted by molar-refractivity contribution is 8.01. The Kier molecular flexibility index (Phi) is 6.60. The van der Waals surface area contributed by atoms with Crippen LogP contribution in [0.15, 0.2) is 29.2 Å². The molecule has 6 nitrogen and oxygen atoms in total. The minimum Gasteiger partial charge on any atom is -0.379 e. The van der Waals surface area contributed by atoms with E-state index in [0.717, 1.165) is 0 Å². The number of benzene rings is 1. The first-order valence-corrected chi connectivity index (χ1v) is 11.5. The molecule has 0 aromatic heterocycles. The van der Waals surface area contributed by atoms with Crippen LogP contribution in [0.3, 0.4) is 0 Å². The second-order valence-electron chi connectivity index (χ2n) is 6.71. The molecular weight excluding hydrogens is 372 g/mol. The van der Waals surface area contributed by atoms with E-state index in [1.165, 1.54) is 30.0 Å². The van der Waals surface area contributed by atoms with E-state index >= 15 is 0 Å². The van der Waals surface area contributed by atoms with Crippen molar-refractivity contribution in [3.8, 4) is 0 Å². The number of amides is 1. The molecular formula is C18H26N2O4S2. The smallest absolute Gasteiger partial charge is 0.243 e. The molecule has 1 saturated carbocycles. The number of hydrogen-bond acceptors (Lipinski definition) is 5. The number of carbonyl (C=O) groups excluding carboxylic acids is 1. The zero-order valence-corrected chi connectivity index (χ0v) is 16.7. The van der Waals surface area contributed by atoms with Crippen molar-refractivity contribution < 1.29 is 17.9 Å². The number of morpholine rings is 1. The molecule has 1 aromatic carbocycles. The molecule has 1 N–H and O–H groups in total. The van der Waals surface area contributed by atoms with Crippen molar-refractivity contribution >= 4 is 33.4 Å². The van der Waals surface area contributed by atoms with Crippen LogP contribution in [0.25, 0.3) is 0 Å². The number of ether oxygens (including phenoxy) is 1. The molecule has 2 fully saturated rings. The predicted octanol–water partition coefficient (Wildman–Crippen LogP) is 2.71. The second-order valence-corrected chi connectivity index (χ2v) is 10.3. The fourth-order valence-electron chi connectivity index (χ4n) is 3.27. The van der Waals surface area contributed by atoms with Crippen LogP contribution in [-0.4, -0.2) is 55.4 Å². The van der Waals surface area contributed by atoms with E-state index in [2.05, 4.69) is 5.32 Å². The number of nitrogens with one attached hydrogen (secondary N) is 1. The van der Waals surface area contributed by atoms with Crippen LogP contribution in [0.2, 0.25) is 0 Å². The third-order valence-corrected chi connectivity index (χ3v) is 8.19. The Labute approximate surface area is 159 Å². The van der Waals surface area contributed by atoms with Crippen molar-refractivity contribution in [2.24, 2.45) is 0 Å². The molecule has 1 atom stereocenters. The summed E-state index contributed by atoms with van der Waals surface area (Å²) < 4.78 is 31.8. The molecule has 1 aromatic rings. The lowest BCUT2D eigenvalue weighted by molar-refractivity contribution is -0.115. The maximum atomic E-state index is 12.6. The zero-order valence-electron chi connectivity index (χ0n) is 15.0. The van der Waals surface area contributed by atoms with Crippen LogP contribution in [0.1, 0.15) is 32.6 Å². The average molecular weight is 399 g/mol. The molecule has 1 amide bonds. The maximum absolute atomic E-state index is 12.6. The number of thioether (sulfide) groups is 1. The standard InChI is InChI=1S/C18H26N2O4S2/c1-14(25-16-4-2-3-5-16)18(21)19-15-6-8-17(9-7-15)26(22,23)20-10-12-24-13-11-20/h6-9,14,16H,2-5,10-13H2,1H3,(H,19,21)/t14-/m0/s1. The van der Waals surface area contributed by atoms with Gasteiger partial charge in [-0.25, -0.2) is 8.42 Å². The van der Waals surface area contributed by atoms with Gasteiger partial charge in [0.15, 0.2) is 0 Å². The van der Waals surface area contributed by atoms with Crippen molar-refractivity contribution in [2.45, 2.75) is 48.0 Å². The largest absolute Gasteiger partial charge is 0.379 e. The topological polar surface area (TPSA) is 75.7 Å². The first-order valence-electron chi connectivity index (χ1n) is 9.11. The minimum atomic E-state index is -3.50. The summed E-state index contributed by atoms with van der Waals surface area (Å²) in [4.78, 5) is 12.6. The quantitative estimate of drug-likeness (QED) is 0.797. The monoisotopic (exact) mass is 398 g/mol. The zero-order chi connectivity index (χ0) is 18.6. The summed E-state index contributed by atoms with van der Waals surface area (Å²) in [5.41, 5.74) is 0.620. The molecule has 1 heterocycles. The Balaban J connectivity index is 1.59. The summed E-state index contributed by atoms with van der Waals surface area (Å²) in [6.07, 6.45) is 4.89. The van der Waals surface area contributed by atoms with Gasteiger partial charge in [-0.2, -0.15) is 4.31 Å². The average Bonchev–Trinajstić information content (AvgIpc) is 3.16. The van der Waals surface area contributed by atoms with Crippen molar-refractivity contribution in [2.75, 3.05) is 31.6 Å². The summed E-state index contributed by atoms with van der Waals surface area (Å²) in [6, 6.07) is 6.40. The van der Waals surface area contributed by atoms with Gasteiger partial charge >= 0.3 is 0 Å². The van der Waals surface area contributed by atoms with Gasteiger partial charge in [0.1, 0.15) is 0 Å². The third kappa shape index (κ3) is 4.79. The number of rotatable bonds is 6. The summed E-state index contributed by atoms with van der Waals surface area (Å²) in [5.74, 6) is -0.0364. The Morgan fingerprint density at radius 3 is 2.42 bits per heavy atom. The van der Waals surface area contributed by atoms with Gasteiger partial charge in [0.25, 0.3) is 0 Å². The van der Waals surface area contributed by atoms with Gasteiger partial charge in [-0.3, -0.25) is 4.79 Å². The van der Waals surface area contributed by atoms with E-state index in [1.54, 1.807) is 36.0 Å². The molecule has 3 rings (SSSR count). The van der Waals surface area contributed by atoms with E-state index < -0.39 is 10.0 Å². The lowest BCUT2D eigenvalue weighted by Crippen LogP contribution is -2.40. The molecule has 26 heavy (non-hydrogen) atoms. The fourth-order valence-corrected chi connectivity index (χ4v) is 6.04. The molecule has 0 bridgehead atoms. The Morgan fingerprint density at radius 1 is 1.19 bits per heavy atom. The van der Waals surface area contributed by atoms with Gasteiger partial charge in [-0.05, 0) is 44.0 Å². The molecule has 0 spiro atoms. The summed E-state index contributed by atoms with van der Waals surface area (Å²) in [7, 11) is -3.50. The van der Waals surface area contributed by atoms with Crippen LogP contribution in [0, 0.1) is 0 Å². The highest BCUT2D eigenvalue weighted by Gasteiger charge is 2.26. The van der Waals surface area contributed by atoms with Crippen molar-refractivity contribution in [3.63, 3.8) is 0 Å². The number of nitrogens with zero attached hydrogens (tertiary/aromatic N) is 1. The molecule has 0 radical (unpaired) electrons. The normalized spacial score (nSPS) is 20.8. The SMILES string of the molecule is C[C@H](SC1CCCC1)C(=O)Nc1ccc(S(=O)(=O)N2CCOCC2)cc1. The van der Waals surface area contributed by atoms with Gasteiger partial charge in [0.05, 0.1) is 23.4 Å². The molecule has 2 aliphatic rings. The van der Waals surface area contributed by atoms with Crippen molar-refractivity contribution in [1.82, 2.24) is 4.31 Å². The van der Waals surface area contributed by atoms with E-state index in [9.17, 15) is 13.2 Å². The van der Waals surface area contributed by atoms with Crippen LogP contribution < -0.4 is 5.32 Å². The summed E-state index contributed by atoms with van der Waals surface area (Å²) >= 11 is 1.73. The van der Waals surface area contributed by atoms with Crippen LogP contribution in [0.5, 0.6) is 0 Å². The van der Waals surface area contributed by atoms with Crippen LogP contribution in [-0.2, 0) is 19.6 Å². The van der Waals surface area contributed by atoms with E-state index in [4.69, 9.17) is 4.74 Å². The highest BCUT2D eigenvalue weighted by Crippen LogP contribution is 2.32. The fraction of sp³-hybridized carbons (Fsp3) is 0.611. The Morgan fingerprint density at radius 2 is 1.81 bits per heavy atom. The Bertz CT molecular complexity index is 709. The third-order valence-electron chi connectivity index (χ3n) is 4.80. The Hall–Kier alpha value is -1.09. The highest BCUT2D eigenvalue weighted by atomic mass is 32.2. The van der Waals surface area contributed by atoms with Crippen molar-refractivity contribution in [1.29, 1.82) is 0 Å². The van der Waals surface area contributed by atoms with Gasteiger partial charge in [0.2, 0.25) is 15.9 Å². The predicted molar refractivity (Wildman–Crippen MR) is 104 cm³/mol. The van der Waals surface area contributed by atoms with Gasteiger partial charge < -0.3 is 10.1 Å². The van der Waals surface area contributed by atoms with Crippen LogP contribution in [0.4, 0.5) is 5.69 Å². The number of anilines is 1. The van der Waals surface area contributed by atoms with Gasteiger partial charge in [-0.15, -0.1) is 11.8 Å². The lowest BCUT2D eigenvalue weighted by atomic mass is 10.3. The molecule has 1 aliphatic carbocycles. The van der Waals surface area contributed by atoms with E-state index in [0.29, 0.717) is 37.2 Å². The van der Waals surface area contributed by atoms with Crippen molar-refractivity contribution in [3.05, 3.63) is 24.3 Å². The number of hydrogen-bond donors (Lipinski definition) is 1. The van der Waals surface area contributed by atoms with Gasteiger partial charge in [0, 0.05) is 24.0 Å². The van der Waals surface area contributed by atoms with Crippen LogP contribution >= 0.6 is 11.8 Å². The number of carbonyl (C=O) groups is 1. The van der Waals surface area contributed by atoms with Gasteiger partial charge in [-0.1, -0.05) is 12.8 Å². The molecule has 144 valence electrons. The first-order chi connectivity index (χ1) is 12.5. The molecule has 0 unspecified atom stereocenters. The molecule has 1 aliphatic heterocycles. The first kappa shape index (κ1) is 19.7. The molecule has 8 heteroatoms. The van der Waals surface area contributed by atoms with E-state index in [1.807, 2.05) is 6.92 Å². The summed E-state index contributed by atoms with van der Waals surface area (Å²) in [6.45, 7) is 3.51. The minimum absolute atomic E-state index is 0.0364. The second kappa shape index (κ2) is 8.73. The molecule has 1 saturated heterocycles. The lowest BCUT2D eigenvalue weighted by Gasteiger charge is -2.26. The summed E-state index contributed by atoms with van der Waals surface area (Å²) in [5, 5.41) is 3.35. The number of sulfonamides is 1. The van der Waals surface area contributed by atoms with E-state index in [-0.39, 0.29) is 16.1 Å².